The predicted octanol–water partition coefficient (Wildman–Crippen LogP) is 3.98. The maximum atomic E-state index is 13.8. The fourth-order valence-corrected chi connectivity index (χ4v) is 3.34. The Labute approximate surface area is 132 Å². The van der Waals surface area contributed by atoms with Crippen LogP contribution in [0.15, 0.2) is 46.5 Å². The van der Waals surface area contributed by atoms with Crippen molar-refractivity contribution in [3.8, 4) is 0 Å². The first-order valence-electron chi connectivity index (χ1n) is 7.19. The van der Waals surface area contributed by atoms with Crippen molar-refractivity contribution in [3.63, 3.8) is 0 Å². The summed E-state index contributed by atoms with van der Waals surface area (Å²) in [7, 11) is 0. The number of carbonyl (C=O) groups is 1. The second kappa shape index (κ2) is 6.24. The van der Waals surface area contributed by atoms with Gasteiger partial charge in [-0.1, -0.05) is 39.7 Å². The molecule has 0 N–H and O–H groups in total. The normalized spacial score (nSPS) is 21.2. The molecular weight excluding hydrogens is 333 g/mol. The van der Waals surface area contributed by atoms with Gasteiger partial charge in [-0.2, -0.15) is 0 Å². The van der Waals surface area contributed by atoms with Crippen molar-refractivity contribution < 1.29 is 9.18 Å². The first-order chi connectivity index (χ1) is 10.1. The molecule has 3 rings (SSSR count). The largest absolute Gasteiger partial charge is 0.298 e. The molecule has 0 aromatic heterocycles. The molecule has 0 amide bonds. The molecule has 21 heavy (non-hydrogen) atoms. The van der Waals surface area contributed by atoms with Gasteiger partial charge in [0.1, 0.15) is 5.82 Å². The van der Waals surface area contributed by atoms with Gasteiger partial charge >= 0.3 is 0 Å². The van der Waals surface area contributed by atoms with Gasteiger partial charge in [-0.3, -0.25) is 9.69 Å². The van der Waals surface area contributed by atoms with E-state index in [0.717, 1.165) is 19.5 Å². The number of likely N-dealkylation sites (tertiary alicyclic amines) is 1. The number of allylic oxidation sites excluding steroid dienone is 3. The minimum Gasteiger partial charge on any atom is -0.298 e. The van der Waals surface area contributed by atoms with Crippen LogP contribution in [0.2, 0.25) is 0 Å². The topological polar surface area (TPSA) is 20.3 Å². The van der Waals surface area contributed by atoms with E-state index in [-0.39, 0.29) is 11.3 Å². The Kier molecular flexibility index (Phi) is 4.36. The van der Waals surface area contributed by atoms with Gasteiger partial charge in [-0.25, -0.2) is 4.39 Å². The van der Waals surface area contributed by atoms with E-state index in [2.05, 4.69) is 39.1 Å². The van der Waals surface area contributed by atoms with E-state index in [0.29, 0.717) is 23.4 Å². The van der Waals surface area contributed by atoms with Crippen LogP contribution in [0, 0.1) is 11.7 Å². The summed E-state index contributed by atoms with van der Waals surface area (Å²) in [6, 6.07) is 4.60. The summed E-state index contributed by atoms with van der Waals surface area (Å²) in [5.74, 6) is 0.0351. The lowest BCUT2D eigenvalue weighted by atomic mass is 9.95. The molecule has 1 aromatic rings. The van der Waals surface area contributed by atoms with Crippen LogP contribution in [0.3, 0.4) is 0 Å². The smallest absolute Gasteiger partial charge is 0.167 e. The molecule has 0 spiro atoms. The number of hydrogen-bond donors (Lipinski definition) is 0. The Morgan fingerprint density at radius 3 is 3.05 bits per heavy atom. The van der Waals surface area contributed by atoms with Crippen molar-refractivity contribution in [1.82, 2.24) is 4.90 Å². The fraction of sp³-hybridized carbons (Fsp3) is 0.353. The molecule has 2 nitrogen and oxygen atoms in total. The van der Waals surface area contributed by atoms with E-state index in [9.17, 15) is 9.18 Å². The number of Topliss-reactive ketones (excluding diaryl/α,β-unsaturated/α-hetero) is 1. The van der Waals surface area contributed by atoms with Crippen LogP contribution < -0.4 is 0 Å². The molecule has 1 aromatic carbocycles. The van der Waals surface area contributed by atoms with Crippen molar-refractivity contribution >= 4 is 21.7 Å². The standard InChI is InChI=1S/C17H17BrFNO/c18-14-5-6-15(16(19)9-14)17(21)7-8-20-10-12-3-1-2-4-13(12)11-20/h1-3,5-6,9,13H,4,7-8,10-11H2. The average Bonchev–Trinajstić information content (AvgIpc) is 2.87. The second-order valence-electron chi connectivity index (χ2n) is 5.63. The van der Waals surface area contributed by atoms with Crippen LogP contribution >= 0.6 is 15.9 Å². The van der Waals surface area contributed by atoms with Crippen LogP contribution in [0.1, 0.15) is 23.2 Å². The lowest BCUT2D eigenvalue weighted by Gasteiger charge is -2.14. The Morgan fingerprint density at radius 2 is 2.29 bits per heavy atom. The summed E-state index contributed by atoms with van der Waals surface area (Å²) in [5, 5.41) is 0. The highest BCUT2D eigenvalue weighted by Crippen LogP contribution is 2.28. The molecule has 4 heteroatoms. The van der Waals surface area contributed by atoms with E-state index in [1.807, 2.05) is 0 Å². The zero-order valence-electron chi connectivity index (χ0n) is 11.7. The maximum absolute atomic E-state index is 13.8. The lowest BCUT2D eigenvalue weighted by molar-refractivity contribution is 0.0964. The summed E-state index contributed by atoms with van der Waals surface area (Å²) in [6.45, 7) is 2.64. The number of fused-ring (bicyclic) bond motifs is 1. The Balaban J connectivity index is 1.57. The summed E-state index contributed by atoms with van der Waals surface area (Å²) in [4.78, 5) is 14.4. The zero-order valence-corrected chi connectivity index (χ0v) is 13.3. The van der Waals surface area contributed by atoms with Gasteiger partial charge in [0, 0.05) is 30.5 Å². The molecule has 2 aliphatic rings. The summed E-state index contributed by atoms with van der Waals surface area (Å²) in [6.07, 6.45) is 7.95. The number of carbonyl (C=O) groups excluding carboxylic acids is 1. The maximum Gasteiger partial charge on any atom is 0.167 e. The van der Waals surface area contributed by atoms with Crippen LogP contribution in [-0.4, -0.2) is 30.3 Å². The van der Waals surface area contributed by atoms with E-state index >= 15 is 0 Å². The van der Waals surface area contributed by atoms with Crippen molar-refractivity contribution in [2.45, 2.75) is 12.8 Å². The van der Waals surface area contributed by atoms with Crippen LogP contribution in [0.5, 0.6) is 0 Å². The van der Waals surface area contributed by atoms with Crippen molar-refractivity contribution in [2.75, 3.05) is 19.6 Å². The molecule has 1 atom stereocenters. The van der Waals surface area contributed by atoms with Gasteiger partial charge < -0.3 is 0 Å². The summed E-state index contributed by atoms with van der Waals surface area (Å²) < 4.78 is 14.4. The van der Waals surface area contributed by atoms with Gasteiger partial charge in [0.05, 0.1) is 5.56 Å². The molecule has 1 fully saturated rings. The first-order valence-corrected chi connectivity index (χ1v) is 7.99. The molecule has 1 saturated heterocycles. The molecule has 1 unspecified atom stereocenters. The van der Waals surface area contributed by atoms with E-state index < -0.39 is 5.82 Å². The van der Waals surface area contributed by atoms with Gasteiger partial charge in [0.2, 0.25) is 0 Å². The highest BCUT2D eigenvalue weighted by Gasteiger charge is 2.27. The molecule has 1 aliphatic heterocycles. The quantitative estimate of drug-likeness (QED) is 0.766. The number of halogens is 2. The number of rotatable bonds is 4. The van der Waals surface area contributed by atoms with Crippen LogP contribution in [0.4, 0.5) is 4.39 Å². The summed E-state index contributed by atoms with van der Waals surface area (Å²) >= 11 is 3.20. The lowest BCUT2D eigenvalue weighted by Crippen LogP contribution is -2.24. The van der Waals surface area contributed by atoms with Crippen molar-refractivity contribution in [2.24, 2.45) is 5.92 Å². The highest BCUT2D eigenvalue weighted by atomic mass is 79.9. The minimum absolute atomic E-state index is 0.123. The minimum atomic E-state index is -0.448. The molecule has 0 radical (unpaired) electrons. The average molecular weight is 350 g/mol. The number of benzene rings is 1. The predicted molar refractivity (Wildman–Crippen MR) is 84.8 cm³/mol. The highest BCUT2D eigenvalue weighted by molar-refractivity contribution is 9.10. The monoisotopic (exact) mass is 349 g/mol. The fourth-order valence-electron chi connectivity index (χ4n) is 3.01. The van der Waals surface area contributed by atoms with Crippen molar-refractivity contribution in [3.05, 3.63) is 57.9 Å². The van der Waals surface area contributed by atoms with Gasteiger partial charge in [0.15, 0.2) is 5.78 Å². The zero-order chi connectivity index (χ0) is 14.8. The SMILES string of the molecule is O=C(CCN1CC2=CC=CCC2C1)c1ccc(Br)cc1F. The molecule has 0 bridgehead atoms. The summed E-state index contributed by atoms with van der Waals surface area (Å²) in [5.41, 5.74) is 1.65. The molecule has 1 aliphatic carbocycles. The molecular formula is C17H17BrFNO. The van der Waals surface area contributed by atoms with Gasteiger partial charge in [-0.15, -0.1) is 0 Å². The Hall–Kier alpha value is -1.26. The molecule has 110 valence electrons. The number of nitrogens with zero attached hydrogens (tertiary/aromatic N) is 1. The van der Waals surface area contributed by atoms with Gasteiger partial charge in [-0.05, 0) is 30.5 Å². The molecule has 0 saturated carbocycles. The van der Waals surface area contributed by atoms with E-state index in [1.165, 1.54) is 11.6 Å². The first kappa shape index (κ1) is 14.7. The Morgan fingerprint density at radius 1 is 1.43 bits per heavy atom. The second-order valence-corrected chi connectivity index (χ2v) is 6.55. The van der Waals surface area contributed by atoms with Crippen LogP contribution in [-0.2, 0) is 0 Å². The van der Waals surface area contributed by atoms with Gasteiger partial charge in [0.25, 0.3) is 0 Å². The van der Waals surface area contributed by atoms with Crippen molar-refractivity contribution in [1.29, 1.82) is 0 Å². The van der Waals surface area contributed by atoms with E-state index in [1.54, 1.807) is 12.1 Å². The third kappa shape index (κ3) is 3.33. The number of ketones is 1. The third-order valence-corrected chi connectivity index (χ3v) is 4.66. The third-order valence-electron chi connectivity index (χ3n) is 4.16. The molecule has 1 heterocycles. The number of hydrogen-bond acceptors (Lipinski definition) is 2. The van der Waals surface area contributed by atoms with E-state index in [4.69, 9.17) is 0 Å². The van der Waals surface area contributed by atoms with Crippen LogP contribution in [0.25, 0.3) is 0 Å². The Bertz CT molecular complexity index is 623.